The number of halogens is 3. The maximum absolute atomic E-state index is 13.0. The van der Waals surface area contributed by atoms with E-state index in [1.54, 1.807) is 80.6 Å². The minimum Gasteiger partial charge on any atom is -0.465 e. The molecule has 3 saturated heterocycles. The Morgan fingerprint density at radius 2 is 0.820 bits per heavy atom. The molecule has 6 aromatic heterocycles. The van der Waals surface area contributed by atoms with Crippen molar-refractivity contribution in [1.29, 1.82) is 0 Å². The van der Waals surface area contributed by atoms with E-state index < -0.39 is 82.7 Å². The number of carbonyl (C=O) groups excluding carboxylic acids is 4. The molecule has 0 spiro atoms. The van der Waals surface area contributed by atoms with E-state index in [0.717, 1.165) is 81.6 Å². The minimum absolute atomic E-state index is 0. The molecule has 15 rings (SSSR count). The third kappa shape index (κ3) is 24.3. The van der Waals surface area contributed by atoms with Crippen LogP contribution in [0.4, 0.5) is 48.1 Å². The lowest BCUT2D eigenvalue weighted by atomic mass is 8.33. The summed E-state index contributed by atoms with van der Waals surface area (Å²) in [5.74, 6) is 3.05. The van der Waals surface area contributed by atoms with Crippen LogP contribution in [0.25, 0.3) is 17.1 Å². The first-order chi connectivity index (χ1) is 60.1. The lowest BCUT2D eigenvalue weighted by Gasteiger charge is -2.48. The summed E-state index contributed by atoms with van der Waals surface area (Å²) in [6.45, 7) is 14.5. The fourth-order valence-corrected chi connectivity index (χ4v) is 17.2. The van der Waals surface area contributed by atoms with Crippen LogP contribution in [0.2, 0.25) is 0 Å². The summed E-state index contributed by atoms with van der Waals surface area (Å²) in [6, 6.07) is 28.5. The van der Waals surface area contributed by atoms with Crippen molar-refractivity contribution in [3.63, 3.8) is 0 Å². The van der Waals surface area contributed by atoms with Gasteiger partial charge in [0.05, 0.1) is 83.5 Å². The van der Waals surface area contributed by atoms with Gasteiger partial charge in [-0.05, 0) is 129 Å². The predicted molar refractivity (Wildman–Crippen MR) is 547 cm³/mol. The largest absolute Gasteiger partial charge is 0.465 e. The van der Waals surface area contributed by atoms with Crippen molar-refractivity contribution in [2.45, 2.75) is 122 Å². The zero-order valence-corrected chi connectivity index (χ0v) is 76.2. The highest BCUT2D eigenvalue weighted by molar-refractivity contribution is 9.10. The Morgan fingerprint density at radius 1 is 0.484 bits per heavy atom. The summed E-state index contributed by atoms with van der Waals surface area (Å²) < 4.78 is 25.8. The molecular formula is C72H86B27Br2FN21O5. The monoisotopic (exact) mass is 1800 g/mol. The number of ether oxygens (including phenoxy) is 1. The molecule has 56 heteroatoms. The molecule has 3 aromatic carbocycles. The van der Waals surface area contributed by atoms with E-state index in [-0.39, 0.29) is 72.1 Å². The zero-order valence-electron chi connectivity index (χ0n) is 73.1. The van der Waals surface area contributed by atoms with Gasteiger partial charge in [-0.25, -0.2) is 49.1 Å². The number of imidazole rings is 3. The van der Waals surface area contributed by atoms with Gasteiger partial charge in [0.1, 0.15) is 17.5 Å². The molecule has 26 nitrogen and oxygen atoms in total. The number of esters is 1. The number of urea groups is 3. The Balaban J connectivity index is 0.000000171. The van der Waals surface area contributed by atoms with Crippen molar-refractivity contribution >= 4 is 277 Å². The first kappa shape index (κ1) is 102. The van der Waals surface area contributed by atoms with Crippen molar-refractivity contribution in [3.05, 3.63) is 185 Å². The topological polar surface area (TPSA) is 278 Å². The molecule has 128 heavy (non-hydrogen) atoms. The Morgan fingerprint density at radius 3 is 1.15 bits per heavy atom. The summed E-state index contributed by atoms with van der Waals surface area (Å²) in [6.07, 6.45) is 10.6. The van der Waals surface area contributed by atoms with Crippen molar-refractivity contribution in [2.75, 3.05) is 73.2 Å². The number of nitrogens with one attached hydrogen (secondary N) is 2. The third-order valence-electron chi connectivity index (χ3n) is 24.0. The molecule has 0 bridgehead atoms. The number of nitrogens with zero attached hydrogens (tertiary/aromatic N) is 18. The molecule has 3 saturated carbocycles. The van der Waals surface area contributed by atoms with E-state index in [1.807, 2.05) is 115 Å². The van der Waals surface area contributed by atoms with Crippen LogP contribution in [0, 0.1) is 23.8 Å². The number of nitrogens with two attached hydrogens (primary N) is 1. The van der Waals surface area contributed by atoms with Gasteiger partial charge in [0.15, 0.2) is 0 Å². The Hall–Kier alpha value is -7.99. The van der Waals surface area contributed by atoms with Gasteiger partial charge in [0.2, 0.25) is 11.9 Å². The van der Waals surface area contributed by atoms with Crippen molar-refractivity contribution in [3.8, 4) is 17.1 Å². The maximum atomic E-state index is 13.0. The van der Waals surface area contributed by atoms with Crippen molar-refractivity contribution in [1.82, 2.24) is 73.3 Å². The predicted octanol–water partition coefficient (Wildman–Crippen LogP) is 2.32. The highest BCUT2D eigenvalue weighted by atomic mass is 79.9. The van der Waals surface area contributed by atoms with E-state index in [4.69, 9.17) is 129 Å². The number of hydrogen-bond acceptors (Lipinski definition) is 17. The third-order valence-corrected chi connectivity index (χ3v) is 25.0. The summed E-state index contributed by atoms with van der Waals surface area (Å²) >= 11 is 6.98. The van der Waals surface area contributed by atoms with E-state index in [1.165, 1.54) is 25.3 Å². The number of amides is 6. The fourth-order valence-electron chi connectivity index (χ4n) is 16.4. The van der Waals surface area contributed by atoms with E-state index in [0.29, 0.717) is 66.4 Å². The number of rotatable bonds is 29. The second kappa shape index (κ2) is 44.0. The van der Waals surface area contributed by atoms with Crippen LogP contribution in [-0.4, -0.2) is 355 Å². The number of carbonyl (C=O) groups is 4. The Bertz CT molecular complexity index is 5210. The number of anilines is 5. The highest BCUT2D eigenvalue weighted by Gasteiger charge is 2.53. The van der Waals surface area contributed by atoms with Crippen LogP contribution >= 0.6 is 31.9 Å². The van der Waals surface area contributed by atoms with Gasteiger partial charge < -0.3 is 49.5 Å². The molecule has 3 aliphatic carbocycles. The molecule has 29 radical (unpaired) electrons. The summed E-state index contributed by atoms with van der Waals surface area (Å²) in [5, 5.41) is 6.96. The standard InChI is InChI=1S/C25H29N7O3.C23H26BrN7O.C12H12BrN3.C11H15FN4O.CH4.B27/c1-16(2)19-13-30(3)24(34)32(19)21-8-11-26-23(28-21)29-25(9-10-25)20-14-31(15-27-20)18-7-5-6-17(12-18)22(33)35-4;1-15(2)18-12-29(3)22(32)31(18)20-7-10-25-21(27-20)28-23(8-9-23)19-13-30(14-26-19)17-6-4-5-16(24)11-17;13-9-2-1-3-10(6-9)16-7-11(15-8-16)12(14)4-5-12;1-7(2)8-6-15(3)11(17)16(8)9-4-5-13-10(12)14-9;;1-15-22(14)26(23(16(2)3)17(4)5)27(24(18(6)7)19(8)9)25(20(10)11)21(12)13/h5-8,11-12,14-16,19H,9-10,13H2,1-4H3,(H,26,28,29);4-7,10-11,13-15,18H,8-9,12H2,1-3H3,(H,25,27,28);1-3,6-8H,4-5,14H2;4-5,7-8H,6H2,1-3H3;1H4;/t19-;18-;;8-;;/m11.1../s1. The molecule has 3 aliphatic heterocycles. The molecular weight excluding hydrogens is 1710 g/mol. The SMILES string of the molecule is C.CC(C)[C@H]1CN(C)C(=O)N1c1ccnc(F)n1.CC(C)[C@H]1CN(C)C(=O)N1c1ccnc(NC2(c3cn(-c4cccc(Br)c4)cn3)CC2)n1.COC(=O)c1cccc(-n2cnc(C3(Nc4nccc(N5C(=O)N(C)C[C@@H]5C(C)C)n4)CC3)c2)c1.NC1(c2cn(-c3cccc(Br)c3)cn2)CC1.[B][B]B([B])B(B(B([B])[B])B([B])[B])B(B(B([B])[B])B([B])[B])B(B([B])[B])B([B])[B]. The van der Waals surface area contributed by atoms with Gasteiger partial charge in [-0.1, -0.05) is 99.0 Å². The van der Waals surface area contributed by atoms with Gasteiger partial charge in [-0.2, -0.15) is 19.3 Å². The molecule has 6 amide bonds. The normalized spacial score (nSPS) is 16.9. The number of methoxy groups -OCH3 is 1. The lowest BCUT2D eigenvalue weighted by molar-refractivity contribution is 0.0600. The number of aromatic nitrogens is 12. The molecule has 9 heterocycles. The van der Waals surface area contributed by atoms with Crippen molar-refractivity contribution < 1.29 is 28.3 Å². The smallest absolute Gasteiger partial charge is 0.337 e. The lowest BCUT2D eigenvalue weighted by Crippen LogP contribution is -2.86. The number of likely N-dealkylation sites (N-methyl/N-ethyl adjacent to an activating group) is 3. The molecule has 9 aromatic rings. The van der Waals surface area contributed by atoms with Gasteiger partial charge >= 0.3 is 30.1 Å². The molecule has 6 aliphatic rings. The average Bonchev–Trinajstić information content (AvgIpc) is 1.56. The summed E-state index contributed by atoms with van der Waals surface area (Å²) in [4.78, 5) is 98.7. The summed E-state index contributed by atoms with van der Waals surface area (Å²) in [7, 11) is 91.3. The second-order valence-corrected chi connectivity index (χ2v) is 36.2. The molecule has 6 fully saturated rings. The number of hydrogen-bond donors (Lipinski definition) is 3. The maximum Gasteiger partial charge on any atom is 0.337 e. The Kier molecular flexibility index (Phi) is 35.1. The molecule has 0 unspecified atom stereocenters. The first-order valence-corrected chi connectivity index (χ1v) is 43.6. The van der Waals surface area contributed by atoms with Crippen LogP contribution in [0.3, 0.4) is 0 Å². The average molecular weight is 1800 g/mol. The highest BCUT2D eigenvalue weighted by Crippen LogP contribution is 2.49. The second-order valence-electron chi connectivity index (χ2n) is 34.4. The van der Waals surface area contributed by atoms with Crippen LogP contribution in [0.1, 0.15) is 115 Å². The first-order valence-electron chi connectivity index (χ1n) is 42.0. The van der Waals surface area contributed by atoms with Gasteiger partial charge in [-0.3, -0.25) is 14.7 Å². The van der Waals surface area contributed by atoms with Crippen LogP contribution < -0.4 is 31.1 Å². The quantitative estimate of drug-likeness (QED) is 0.0345. The Labute approximate surface area is 793 Å². The van der Waals surface area contributed by atoms with Gasteiger partial charge in [0, 0.05) is 296 Å². The molecule has 3 atom stereocenters. The van der Waals surface area contributed by atoms with Crippen LogP contribution in [-0.2, 0) is 21.4 Å². The number of benzene rings is 3. The van der Waals surface area contributed by atoms with Crippen LogP contribution in [0.15, 0.2) is 156 Å². The fraction of sp³-hybridized carbons (Fsp3) is 0.403. The zero-order chi connectivity index (χ0) is 92.6. The minimum atomic E-state index is -0.994. The van der Waals surface area contributed by atoms with Crippen LogP contribution in [0.5, 0.6) is 0 Å². The molecule has 611 valence electrons. The molecule has 4 N–H and O–H groups in total. The van der Waals surface area contributed by atoms with E-state index >= 15 is 0 Å². The van der Waals surface area contributed by atoms with Gasteiger partial charge in [0.25, 0.3) is 0 Å². The van der Waals surface area contributed by atoms with E-state index in [2.05, 4.69) is 123 Å². The van der Waals surface area contributed by atoms with E-state index in [9.17, 15) is 23.6 Å². The summed E-state index contributed by atoms with van der Waals surface area (Å²) in [5.41, 5.74) is 11.6. The van der Waals surface area contributed by atoms with Crippen molar-refractivity contribution in [2.24, 2.45) is 23.5 Å². The van der Waals surface area contributed by atoms with Gasteiger partial charge in [-0.15, -0.1) is 0 Å².